The van der Waals surface area contributed by atoms with Crippen molar-refractivity contribution in [3.8, 4) is 5.75 Å². The van der Waals surface area contributed by atoms with Crippen LogP contribution in [-0.2, 0) is 17.8 Å². The van der Waals surface area contributed by atoms with Crippen LogP contribution in [0.25, 0.3) is 0 Å². The number of thioether (sulfide) groups is 1. The number of carbonyl (C=O) groups excluding carboxylic acids is 3. The van der Waals surface area contributed by atoms with Crippen LogP contribution >= 0.6 is 11.8 Å². The Hall–Kier alpha value is -2.87. The van der Waals surface area contributed by atoms with Crippen molar-refractivity contribution in [3.63, 3.8) is 0 Å². The molecule has 1 atom stereocenters. The smallest absolute Gasteiger partial charge is 0.286 e. The maximum atomic E-state index is 12.6. The molecule has 3 amide bonds. The lowest BCUT2D eigenvalue weighted by molar-refractivity contribution is -0.118. The van der Waals surface area contributed by atoms with Crippen LogP contribution < -0.4 is 15.4 Å². The summed E-state index contributed by atoms with van der Waals surface area (Å²) in [6.45, 7) is 0.343. The number of imide groups is 1. The van der Waals surface area contributed by atoms with E-state index in [1.54, 1.807) is 36.7 Å². The lowest BCUT2D eigenvalue weighted by atomic mass is 10.0. The molecule has 2 aromatic rings. The van der Waals surface area contributed by atoms with Gasteiger partial charge >= 0.3 is 0 Å². The van der Waals surface area contributed by atoms with Gasteiger partial charge in [0.05, 0.1) is 17.9 Å². The Balaban J connectivity index is 1.73. The van der Waals surface area contributed by atoms with Gasteiger partial charge in [0.1, 0.15) is 5.75 Å². The molecule has 1 aromatic heterocycles. The number of nitrogens with one attached hydrogen (secondary N) is 2. The fourth-order valence-electron chi connectivity index (χ4n) is 2.58. The van der Waals surface area contributed by atoms with Crippen LogP contribution in [0.2, 0.25) is 0 Å². The molecule has 2 N–H and O–H groups in total. The summed E-state index contributed by atoms with van der Waals surface area (Å²) in [5, 5.41) is 4.26. The molecule has 0 bridgehead atoms. The zero-order valence-corrected chi connectivity index (χ0v) is 14.8. The number of benzene rings is 1. The minimum absolute atomic E-state index is 0.285. The van der Waals surface area contributed by atoms with Gasteiger partial charge in [0.15, 0.2) is 0 Å². The topological polar surface area (TPSA) is 97.4 Å². The van der Waals surface area contributed by atoms with E-state index in [-0.39, 0.29) is 17.1 Å². The molecule has 0 spiro atoms. The first kappa shape index (κ1) is 17.9. The van der Waals surface area contributed by atoms with Gasteiger partial charge in [-0.25, -0.2) is 0 Å². The van der Waals surface area contributed by atoms with Crippen molar-refractivity contribution in [2.24, 2.45) is 0 Å². The molecule has 3 rings (SSSR count). The summed E-state index contributed by atoms with van der Waals surface area (Å²) in [4.78, 5) is 39.6. The number of pyridine rings is 1. The summed E-state index contributed by atoms with van der Waals surface area (Å²) in [5.41, 5.74) is 2.04. The second-order valence-electron chi connectivity index (χ2n) is 5.67. The third-order valence-electron chi connectivity index (χ3n) is 3.87. The van der Waals surface area contributed by atoms with Crippen molar-refractivity contribution >= 4 is 28.8 Å². The highest BCUT2D eigenvalue weighted by Gasteiger charge is 2.31. The van der Waals surface area contributed by atoms with E-state index in [2.05, 4.69) is 15.6 Å². The average molecular weight is 371 g/mol. The zero-order chi connectivity index (χ0) is 18.5. The van der Waals surface area contributed by atoms with E-state index in [1.165, 1.54) is 7.11 Å². The summed E-state index contributed by atoms with van der Waals surface area (Å²) in [7, 11) is 1.49. The summed E-state index contributed by atoms with van der Waals surface area (Å²) in [5.74, 6) is -0.150. The number of nitrogens with zero attached hydrogens (tertiary/aromatic N) is 1. The highest BCUT2D eigenvalue weighted by molar-refractivity contribution is 8.15. The average Bonchev–Trinajstić information content (AvgIpc) is 2.97. The van der Waals surface area contributed by atoms with Crippen molar-refractivity contribution in [2.45, 2.75) is 18.2 Å². The molecule has 1 aliphatic heterocycles. The summed E-state index contributed by atoms with van der Waals surface area (Å²) < 4.78 is 5.27. The van der Waals surface area contributed by atoms with E-state index >= 15 is 0 Å². The summed E-state index contributed by atoms with van der Waals surface area (Å²) >= 11 is 0.962. The maximum absolute atomic E-state index is 12.6. The fraction of sp³-hybridized carbons (Fsp3) is 0.222. The van der Waals surface area contributed by atoms with Crippen LogP contribution in [0.3, 0.4) is 0 Å². The molecule has 1 fully saturated rings. The van der Waals surface area contributed by atoms with Crippen molar-refractivity contribution < 1.29 is 19.1 Å². The molecule has 0 saturated carbocycles. The van der Waals surface area contributed by atoms with E-state index in [0.29, 0.717) is 24.3 Å². The van der Waals surface area contributed by atoms with E-state index in [1.807, 2.05) is 6.07 Å². The van der Waals surface area contributed by atoms with E-state index in [9.17, 15) is 14.4 Å². The van der Waals surface area contributed by atoms with Crippen LogP contribution in [0.5, 0.6) is 5.75 Å². The summed E-state index contributed by atoms with van der Waals surface area (Å²) in [6.07, 6.45) is 3.70. The highest BCUT2D eigenvalue weighted by Crippen LogP contribution is 2.26. The van der Waals surface area contributed by atoms with Gasteiger partial charge in [0.25, 0.3) is 11.1 Å². The molecular weight excluding hydrogens is 354 g/mol. The Morgan fingerprint density at radius 2 is 2.15 bits per heavy atom. The fourth-order valence-corrected chi connectivity index (χ4v) is 3.44. The van der Waals surface area contributed by atoms with Crippen molar-refractivity contribution in [1.82, 2.24) is 15.6 Å². The number of hydrogen-bond acceptors (Lipinski definition) is 6. The van der Waals surface area contributed by atoms with Crippen LogP contribution in [-0.4, -0.2) is 34.4 Å². The number of aromatic nitrogens is 1. The Kier molecular flexibility index (Phi) is 5.52. The van der Waals surface area contributed by atoms with Crippen molar-refractivity contribution in [2.75, 3.05) is 7.11 Å². The second kappa shape index (κ2) is 8.01. The molecule has 8 heteroatoms. The predicted molar refractivity (Wildman–Crippen MR) is 97.0 cm³/mol. The van der Waals surface area contributed by atoms with E-state index < -0.39 is 5.25 Å². The van der Waals surface area contributed by atoms with Crippen molar-refractivity contribution in [3.05, 3.63) is 59.4 Å². The number of hydrogen-bond donors (Lipinski definition) is 2. The number of carbonyl (C=O) groups is 3. The van der Waals surface area contributed by atoms with Gasteiger partial charge in [-0.05, 0) is 35.7 Å². The molecule has 1 aromatic carbocycles. The lowest BCUT2D eigenvalue weighted by Crippen LogP contribution is -2.26. The standard InChI is InChI=1S/C18H17N3O4S/c1-25-14-5-4-11(8-15-17(23)21-18(24)26-15)7-13(14)16(22)20-10-12-3-2-6-19-9-12/h2-7,9,15H,8,10H2,1H3,(H,20,22)(H,21,23,24). The third-order valence-corrected chi connectivity index (χ3v) is 4.85. The first-order chi connectivity index (χ1) is 12.6. The molecule has 2 heterocycles. The van der Waals surface area contributed by atoms with Gasteiger partial charge in [-0.2, -0.15) is 0 Å². The van der Waals surface area contributed by atoms with Gasteiger partial charge in [0.2, 0.25) is 5.91 Å². The Labute approximate surface area is 154 Å². The molecule has 1 saturated heterocycles. The number of rotatable bonds is 6. The van der Waals surface area contributed by atoms with Gasteiger partial charge in [-0.1, -0.05) is 23.9 Å². The molecule has 134 valence electrons. The third kappa shape index (κ3) is 4.20. The molecular formula is C18H17N3O4S. The van der Waals surface area contributed by atoms with Gasteiger partial charge in [0, 0.05) is 18.9 Å². The normalized spacial score (nSPS) is 16.3. The largest absolute Gasteiger partial charge is 0.496 e. The molecule has 0 radical (unpaired) electrons. The molecule has 0 aliphatic carbocycles. The highest BCUT2D eigenvalue weighted by atomic mass is 32.2. The first-order valence-electron chi connectivity index (χ1n) is 7.92. The monoisotopic (exact) mass is 371 g/mol. The minimum Gasteiger partial charge on any atom is -0.496 e. The van der Waals surface area contributed by atoms with E-state index in [0.717, 1.165) is 22.9 Å². The maximum Gasteiger partial charge on any atom is 0.286 e. The van der Waals surface area contributed by atoms with Crippen LogP contribution in [0.15, 0.2) is 42.7 Å². The first-order valence-corrected chi connectivity index (χ1v) is 8.80. The summed E-state index contributed by atoms with van der Waals surface area (Å²) in [6, 6.07) is 8.83. The van der Waals surface area contributed by atoms with Crippen molar-refractivity contribution in [1.29, 1.82) is 0 Å². The van der Waals surface area contributed by atoms with Crippen LogP contribution in [0.1, 0.15) is 21.5 Å². The molecule has 26 heavy (non-hydrogen) atoms. The predicted octanol–water partition coefficient (Wildman–Crippen LogP) is 1.91. The Morgan fingerprint density at radius 1 is 1.31 bits per heavy atom. The number of methoxy groups -OCH3 is 1. The Bertz CT molecular complexity index is 842. The molecule has 7 nitrogen and oxygen atoms in total. The van der Waals surface area contributed by atoms with Crippen LogP contribution in [0.4, 0.5) is 4.79 Å². The molecule has 1 unspecified atom stereocenters. The SMILES string of the molecule is COc1ccc(CC2SC(=O)NC2=O)cc1C(=O)NCc1cccnc1. The van der Waals surface area contributed by atoms with Gasteiger partial charge in [-0.3, -0.25) is 24.7 Å². The van der Waals surface area contributed by atoms with Gasteiger partial charge in [-0.15, -0.1) is 0 Å². The second-order valence-corrected chi connectivity index (χ2v) is 6.84. The van der Waals surface area contributed by atoms with E-state index in [4.69, 9.17) is 4.74 Å². The van der Waals surface area contributed by atoms with Crippen LogP contribution in [0, 0.1) is 0 Å². The lowest BCUT2D eigenvalue weighted by Gasteiger charge is -2.12. The van der Waals surface area contributed by atoms with Gasteiger partial charge < -0.3 is 10.1 Å². The molecule has 1 aliphatic rings. The Morgan fingerprint density at radius 3 is 2.81 bits per heavy atom. The zero-order valence-electron chi connectivity index (χ0n) is 14.0. The number of ether oxygens (including phenoxy) is 1. The quantitative estimate of drug-likeness (QED) is 0.805. The number of amides is 3. The minimum atomic E-state index is -0.484.